The van der Waals surface area contributed by atoms with Crippen molar-refractivity contribution in [1.82, 2.24) is 0 Å². The Bertz CT molecular complexity index is 563. The van der Waals surface area contributed by atoms with Gasteiger partial charge in [-0.1, -0.05) is 5.16 Å². The van der Waals surface area contributed by atoms with Crippen LogP contribution in [-0.4, -0.2) is 22.5 Å². The van der Waals surface area contributed by atoms with Crippen LogP contribution in [0.25, 0.3) is 6.08 Å². The van der Waals surface area contributed by atoms with E-state index in [2.05, 4.69) is 9.99 Å². The fourth-order valence-corrected chi connectivity index (χ4v) is 1.60. The van der Waals surface area contributed by atoms with E-state index in [1.165, 1.54) is 30.3 Å². The van der Waals surface area contributed by atoms with Crippen LogP contribution >= 0.6 is 11.6 Å². The minimum Gasteiger partial charge on any atom is -0.312 e. The van der Waals surface area contributed by atoms with E-state index in [0.29, 0.717) is 11.3 Å². The highest BCUT2D eigenvalue weighted by Gasteiger charge is 2.24. The SMILES string of the molecule is O=C1ON=C(CCl)C1=Cc1ccc([N+](=O)[O-])cc1. The Morgan fingerprint density at radius 1 is 1.39 bits per heavy atom. The third-order valence-electron chi connectivity index (χ3n) is 2.31. The van der Waals surface area contributed by atoms with Gasteiger partial charge in [0, 0.05) is 12.1 Å². The number of nitrogens with zero attached hydrogens (tertiary/aromatic N) is 2. The Hall–Kier alpha value is -2.21. The summed E-state index contributed by atoms with van der Waals surface area (Å²) in [6, 6.07) is 5.76. The Balaban J connectivity index is 2.30. The molecule has 0 saturated carbocycles. The van der Waals surface area contributed by atoms with Crippen molar-refractivity contribution in [2.45, 2.75) is 0 Å². The second-order valence-corrected chi connectivity index (χ2v) is 3.72. The van der Waals surface area contributed by atoms with E-state index in [-0.39, 0.29) is 17.1 Å². The van der Waals surface area contributed by atoms with E-state index in [1.54, 1.807) is 0 Å². The van der Waals surface area contributed by atoms with Crippen molar-refractivity contribution >= 4 is 35.0 Å². The van der Waals surface area contributed by atoms with Gasteiger partial charge >= 0.3 is 5.97 Å². The van der Waals surface area contributed by atoms with Crippen LogP contribution in [0.2, 0.25) is 0 Å². The van der Waals surface area contributed by atoms with Gasteiger partial charge in [-0.3, -0.25) is 10.1 Å². The second kappa shape index (κ2) is 4.97. The molecule has 92 valence electrons. The van der Waals surface area contributed by atoms with Gasteiger partial charge in [-0.2, -0.15) is 0 Å². The summed E-state index contributed by atoms with van der Waals surface area (Å²) in [4.78, 5) is 25.8. The fraction of sp³-hybridized carbons (Fsp3) is 0.0909. The predicted octanol–water partition coefficient (Wildman–Crippen LogP) is 2.13. The molecule has 0 aliphatic carbocycles. The van der Waals surface area contributed by atoms with E-state index in [1.807, 2.05) is 0 Å². The lowest BCUT2D eigenvalue weighted by Crippen LogP contribution is -2.06. The highest BCUT2D eigenvalue weighted by Crippen LogP contribution is 2.18. The number of halogens is 1. The molecule has 0 bridgehead atoms. The smallest absolute Gasteiger partial charge is 0.312 e. The van der Waals surface area contributed by atoms with E-state index in [9.17, 15) is 14.9 Å². The van der Waals surface area contributed by atoms with Crippen LogP contribution in [0.3, 0.4) is 0 Å². The lowest BCUT2D eigenvalue weighted by molar-refractivity contribution is -0.384. The standard InChI is InChI=1S/C11H7ClN2O4/c12-6-10-9(11(15)18-13-10)5-7-1-3-8(4-2-7)14(16)17/h1-5H,6H2. The van der Waals surface area contributed by atoms with E-state index < -0.39 is 10.9 Å². The van der Waals surface area contributed by atoms with Gasteiger partial charge in [0.2, 0.25) is 0 Å². The zero-order valence-electron chi connectivity index (χ0n) is 9.00. The van der Waals surface area contributed by atoms with Crippen molar-refractivity contribution in [3.05, 3.63) is 45.5 Å². The number of oxime groups is 1. The molecule has 0 fully saturated rings. The quantitative estimate of drug-likeness (QED) is 0.276. The molecular formula is C11H7ClN2O4. The molecule has 1 heterocycles. The molecule has 0 amide bonds. The Kier molecular flexibility index (Phi) is 3.38. The zero-order chi connectivity index (χ0) is 13.1. The van der Waals surface area contributed by atoms with Crippen LogP contribution in [-0.2, 0) is 9.63 Å². The summed E-state index contributed by atoms with van der Waals surface area (Å²) in [6.07, 6.45) is 1.53. The molecule has 0 N–H and O–H groups in total. The fourth-order valence-electron chi connectivity index (χ4n) is 1.41. The van der Waals surface area contributed by atoms with E-state index in [0.717, 1.165) is 0 Å². The molecule has 6 nitrogen and oxygen atoms in total. The molecule has 1 aromatic carbocycles. The van der Waals surface area contributed by atoms with Gasteiger partial charge < -0.3 is 4.84 Å². The molecule has 0 radical (unpaired) electrons. The lowest BCUT2D eigenvalue weighted by Gasteiger charge is -1.96. The molecule has 1 aliphatic rings. The third-order valence-corrected chi connectivity index (χ3v) is 2.56. The Labute approximate surface area is 107 Å². The average Bonchev–Trinajstić information content (AvgIpc) is 2.71. The number of carbonyl (C=O) groups is 1. The topological polar surface area (TPSA) is 81.8 Å². The number of hydrogen-bond donors (Lipinski definition) is 0. The van der Waals surface area contributed by atoms with Gasteiger partial charge in [0.25, 0.3) is 5.69 Å². The summed E-state index contributed by atoms with van der Waals surface area (Å²) in [5.41, 5.74) is 1.23. The largest absolute Gasteiger partial charge is 0.367 e. The van der Waals surface area contributed by atoms with Crippen LogP contribution in [0.5, 0.6) is 0 Å². The number of hydrogen-bond acceptors (Lipinski definition) is 5. The maximum atomic E-state index is 11.4. The van der Waals surface area contributed by atoms with Crippen LogP contribution in [0.4, 0.5) is 5.69 Å². The molecule has 1 aromatic rings. The molecular weight excluding hydrogens is 260 g/mol. The summed E-state index contributed by atoms with van der Waals surface area (Å²) >= 11 is 5.61. The van der Waals surface area contributed by atoms with Crippen molar-refractivity contribution in [1.29, 1.82) is 0 Å². The molecule has 0 saturated heterocycles. The highest BCUT2D eigenvalue weighted by molar-refractivity contribution is 6.38. The van der Waals surface area contributed by atoms with Gasteiger partial charge in [0.05, 0.1) is 16.4 Å². The summed E-state index contributed by atoms with van der Waals surface area (Å²) < 4.78 is 0. The number of rotatable bonds is 3. The molecule has 7 heteroatoms. The van der Waals surface area contributed by atoms with Gasteiger partial charge in [0.1, 0.15) is 5.71 Å². The zero-order valence-corrected chi connectivity index (χ0v) is 9.76. The molecule has 0 atom stereocenters. The van der Waals surface area contributed by atoms with E-state index in [4.69, 9.17) is 11.6 Å². The highest BCUT2D eigenvalue weighted by atomic mass is 35.5. The number of alkyl halides is 1. The number of non-ortho nitro benzene ring substituents is 1. The van der Waals surface area contributed by atoms with Crippen molar-refractivity contribution in [3.8, 4) is 0 Å². The van der Waals surface area contributed by atoms with E-state index >= 15 is 0 Å². The minimum atomic E-state index is -0.580. The Morgan fingerprint density at radius 3 is 2.61 bits per heavy atom. The monoisotopic (exact) mass is 266 g/mol. The summed E-state index contributed by atoms with van der Waals surface area (Å²) in [5, 5.41) is 14.0. The van der Waals surface area contributed by atoms with Crippen LogP contribution < -0.4 is 0 Å². The van der Waals surface area contributed by atoms with Crippen LogP contribution in [0.15, 0.2) is 35.0 Å². The van der Waals surface area contributed by atoms with Gasteiger partial charge in [-0.25, -0.2) is 4.79 Å². The average molecular weight is 267 g/mol. The molecule has 0 spiro atoms. The van der Waals surface area contributed by atoms with Crippen molar-refractivity contribution in [2.24, 2.45) is 5.16 Å². The molecule has 0 unspecified atom stereocenters. The molecule has 18 heavy (non-hydrogen) atoms. The Morgan fingerprint density at radius 2 is 2.06 bits per heavy atom. The first-order chi connectivity index (χ1) is 8.61. The third kappa shape index (κ3) is 2.38. The lowest BCUT2D eigenvalue weighted by atomic mass is 10.1. The molecule has 1 aliphatic heterocycles. The van der Waals surface area contributed by atoms with Crippen molar-refractivity contribution < 1.29 is 14.6 Å². The molecule has 2 rings (SSSR count). The first-order valence-corrected chi connectivity index (χ1v) is 5.46. The minimum absolute atomic E-state index is 0.0163. The van der Waals surface area contributed by atoms with Gasteiger partial charge in [-0.05, 0) is 23.8 Å². The number of nitro groups is 1. The maximum Gasteiger partial charge on any atom is 0.367 e. The maximum absolute atomic E-state index is 11.4. The number of benzene rings is 1. The van der Waals surface area contributed by atoms with Crippen LogP contribution in [0, 0.1) is 10.1 Å². The number of carbonyl (C=O) groups excluding carboxylic acids is 1. The summed E-state index contributed by atoms with van der Waals surface area (Å²) in [6.45, 7) is 0. The first-order valence-electron chi connectivity index (χ1n) is 4.92. The summed E-state index contributed by atoms with van der Waals surface area (Å²) in [5.74, 6) is -0.520. The van der Waals surface area contributed by atoms with Gasteiger partial charge in [0.15, 0.2) is 0 Å². The predicted molar refractivity (Wildman–Crippen MR) is 65.3 cm³/mol. The van der Waals surface area contributed by atoms with Gasteiger partial charge in [-0.15, -0.1) is 11.6 Å². The normalized spacial score (nSPS) is 16.6. The second-order valence-electron chi connectivity index (χ2n) is 3.46. The van der Waals surface area contributed by atoms with Crippen molar-refractivity contribution in [3.63, 3.8) is 0 Å². The first kappa shape index (κ1) is 12.3. The summed E-state index contributed by atoms with van der Waals surface area (Å²) in [7, 11) is 0. The molecule has 0 aromatic heterocycles. The van der Waals surface area contributed by atoms with Crippen molar-refractivity contribution in [2.75, 3.05) is 5.88 Å². The van der Waals surface area contributed by atoms with Crippen LogP contribution in [0.1, 0.15) is 5.56 Å². The number of nitro benzene ring substituents is 1.